The minimum atomic E-state index is -0.125. The molecule has 0 spiro atoms. The molecule has 0 radical (unpaired) electrons. The van der Waals surface area contributed by atoms with Crippen molar-refractivity contribution < 1.29 is 18.9 Å². The maximum absolute atomic E-state index is 11.1. The van der Waals surface area contributed by atoms with Crippen molar-refractivity contribution >= 4 is 18.6 Å². The summed E-state index contributed by atoms with van der Waals surface area (Å²) in [5.74, 6) is -0.125. The first-order chi connectivity index (χ1) is 6.52. The molecule has 2 amide bonds. The van der Waals surface area contributed by atoms with Crippen LogP contribution >= 0.6 is 0 Å². The second kappa shape index (κ2) is 6.26. The number of amides is 2. The van der Waals surface area contributed by atoms with Gasteiger partial charge in [0.2, 0.25) is 5.91 Å². The smallest absolute Gasteiger partial charge is 0.301 e. The number of nitrogens with one attached hydrogen (secondary N) is 1. The summed E-state index contributed by atoms with van der Waals surface area (Å²) in [5, 5.41) is 2.58. The Morgan fingerprint density at radius 3 is 2.50 bits per heavy atom. The number of nitrogens with zero attached hydrogens (tertiary/aromatic N) is 1. The number of aldehydes is 1. The molecule has 5 nitrogen and oxygen atoms in total. The van der Waals surface area contributed by atoms with E-state index in [-0.39, 0.29) is 10.4 Å². The van der Waals surface area contributed by atoms with Crippen LogP contribution < -0.4 is 5.32 Å². The molecule has 80 valence electrons. The van der Waals surface area contributed by atoms with Gasteiger partial charge in [0, 0.05) is 13.0 Å². The molecule has 0 heterocycles. The molecule has 5 heteroatoms. The number of carbonyl (C=O) groups excluding carboxylic acids is 3. The Bertz CT molecular complexity index is 214. The predicted octanol–water partition coefficient (Wildman–Crippen LogP) is -0.685. The van der Waals surface area contributed by atoms with Gasteiger partial charge in [0.05, 0.1) is 27.1 Å². The molecule has 1 N–H and O–H groups in total. The first-order valence-electron chi connectivity index (χ1n) is 4.51. The first kappa shape index (κ1) is 12.8. The summed E-state index contributed by atoms with van der Waals surface area (Å²) >= 11 is 0. The van der Waals surface area contributed by atoms with Crippen molar-refractivity contribution in [3.8, 4) is 0 Å². The number of hydrogen-bond donors (Lipinski definition) is 1. The van der Waals surface area contributed by atoms with Gasteiger partial charge >= 0.3 is 6.41 Å². The fourth-order valence-corrected chi connectivity index (χ4v) is 0.801. The summed E-state index contributed by atoms with van der Waals surface area (Å²) in [6.45, 7) is 0.841. The van der Waals surface area contributed by atoms with Crippen molar-refractivity contribution in [1.82, 2.24) is 5.32 Å². The lowest BCUT2D eigenvalue weighted by molar-refractivity contribution is -0.803. The maximum atomic E-state index is 11.1. The van der Waals surface area contributed by atoms with Crippen LogP contribution in [0.3, 0.4) is 0 Å². The molecule has 0 aromatic heterocycles. The minimum Gasteiger partial charge on any atom is -0.355 e. The summed E-state index contributed by atoms with van der Waals surface area (Å²) in [6.07, 6.45) is 2.17. The van der Waals surface area contributed by atoms with Crippen LogP contribution in [0.15, 0.2) is 0 Å². The number of carbonyl (C=O) groups is 3. The zero-order chi connectivity index (χ0) is 11.0. The summed E-state index contributed by atoms with van der Waals surface area (Å²) in [5.41, 5.74) is 0. The molecule has 0 aliphatic rings. The number of quaternary nitrogens is 1. The molecule has 0 aliphatic heterocycles. The van der Waals surface area contributed by atoms with Gasteiger partial charge in [0.15, 0.2) is 0 Å². The highest BCUT2D eigenvalue weighted by molar-refractivity contribution is 5.76. The topological polar surface area (TPSA) is 63.2 Å². The second-order valence-corrected chi connectivity index (χ2v) is 3.66. The highest BCUT2D eigenvalue weighted by Gasteiger charge is 2.15. The minimum absolute atomic E-state index is 0.125. The normalized spacial score (nSPS) is 10.7. The molecule has 0 aromatic carbocycles. The third kappa shape index (κ3) is 6.30. The van der Waals surface area contributed by atoms with Gasteiger partial charge in [0.1, 0.15) is 6.29 Å². The van der Waals surface area contributed by atoms with Gasteiger partial charge in [-0.2, -0.15) is 0 Å². The van der Waals surface area contributed by atoms with Crippen LogP contribution in [-0.2, 0) is 14.4 Å². The molecule has 0 unspecified atom stereocenters. The van der Waals surface area contributed by atoms with Crippen LogP contribution in [0.25, 0.3) is 0 Å². The van der Waals surface area contributed by atoms with Crippen LogP contribution in [0.2, 0.25) is 0 Å². The van der Waals surface area contributed by atoms with E-state index < -0.39 is 0 Å². The monoisotopic (exact) mass is 201 g/mol. The van der Waals surface area contributed by atoms with Crippen molar-refractivity contribution in [3.63, 3.8) is 0 Å². The van der Waals surface area contributed by atoms with E-state index in [0.717, 1.165) is 12.7 Å². The van der Waals surface area contributed by atoms with Gasteiger partial charge in [-0.25, -0.2) is 4.79 Å². The number of hydrogen-bond acceptors (Lipinski definition) is 3. The van der Waals surface area contributed by atoms with Crippen LogP contribution in [0.5, 0.6) is 0 Å². The van der Waals surface area contributed by atoms with E-state index in [9.17, 15) is 14.4 Å². The predicted molar refractivity (Wildman–Crippen MR) is 51.3 cm³/mol. The van der Waals surface area contributed by atoms with E-state index in [2.05, 4.69) is 5.32 Å². The highest BCUT2D eigenvalue weighted by atomic mass is 16.2. The molecule has 0 bridgehead atoms. The Balaban J connectivity index is 3.63. The molecule has 0 aliphatic carbocycles. The molecule has 0 fully saturated rings. The molecule has 0 saturated carbocycles. The third-order valence-electron chi connectivity index (χ3n) is 1.78. The van der Waals surface area contributed by atoms with Crippen LogP contribution in [-0.4, -0.2) is 50.3 Å². The fourth-order valence-electron chi connectivity index (χ4n) is 0.801. The van der Waals surface area contributed by atoms with Crippen molar-refractivity contribution in [2.45, 2.75) is 12.8 Å². The van der Waals surface area contributed by atoms with Crippen molar-refractivity contribution in [2.75, 3.05) is 27.2 Å². The van der Waals surface area contributed by atoms with E-state index in [1.165, 1.54) is 0 Å². The van der Waals surface area contributed by atoms with Gasteiger partial charge in [-0.1, -0.05) is 0 Å². The summed E-state index contributed by atoms with van der Waals surface area (Å²) in [6, 6.07) is 0. The lowest BCUT2D eigenvalue weighted by Gasteiger charge is -2.20. The number of rotatable bonds is 7. The van der Waals surface area contributed by atoms with Gasteiger partial charge < -0.3 is 10.1 Å². The first-order valence-corrected chi connectivity index (χ1v) is 4.51. The molecular formula is C9H17N2O3+. The standard InChI is InChI=1S/C9H16N2O3/c1-11(2,8-13)6-4-9(14)10-5-3-7-12/h7-8H,3-6H2,1-2H3/p+1. The zero-order valence-electron chi connectivity index (χ0n) is 8.66. The van der Waals surface area contributed by atoms with Gasteiger partial charge in [-0.15, -0.1) is 0 Å². The van der Waals surface area contributed by atoms with Crippen molar-refractivity contribution in [1.29, 1.82) is 0 Å². The Hall–Kier alpha value is -1.23. The SMILES string of the molecule is C[N+](C)(C=O)CCC(=O)NCCC=O. The molecule has 0 saturated heterocycles. The van der Waals surface area contributed by atoms with Crippen LogP contribution in [0.4, 0.5) is 0 Å². The van der Waals surface area contributed by atoms with Gasteiger partial charge in [0.25, 0.3) is 0 Å². The van der Waals surface area contributed by atoms with Crippen LogP contribution in [0, 0.1) is 0 Å². The lowest BCUT2D eigenvalue weighted by Crippen LogP contribution is -2.41. The molecule has 0 rings (SSSR count). The van der Waals surface area contributed by atoms with E-state index in [1.807, 2.05) is 0 Å². The quantitative estimate of drug-likeness (QED) is 0.337. The Kier molecular flexibility index (Phi) is 5.71. The molecule has 0 atom stereocenters. The van der Waals surface area contributed by atoms with Crippen molar-refractivity contribution in [2.24, 2.45) is 0 Å². The zero-order valence-corrected chi connectivity index (χ0v) is 8.66. The maximum Gasteiger partial charge on any atom is 0.301 e. The Labute approximate surface area is 83.7 Å². The van der Waals surface area contributed by atoms with E-state index in [4.69, 9.17) is 0 Å². The summed E-state index contributed by atoms with van der Waals surface area (Å²) in [7, 11) is 3.46. The van der Waals surface area contributed by atoms with Gasteiger partial charge in [-0.05, 0) is 0 Å². The van der Waals surface area contributed by atoms with Crippen molar-refractivity contribution in [3.05, 3.63) is 0 Å². The molecular weight excluding hydrogens is 184 g/mol. The third-order valence-corrected chi connectivity index (χ3v) is 1.78. The summed E-state index contributed by atoms with van der Waals surface area (Å²) in [4.78, 5) is 31.6. The van der Waals surface area contributed by atoms with E-state index in [1.54, 1.807) is 14.1 Å². The average Bonchev–Trinajstić information content (AvgIpc) is 2.16. The fraction of sp³-hybridized carbons (Fsp3) is 0.667. The molecule has 0 aromatic rings. The Morgan fingerprint density at radius 2 is 2.00 bits per heavy atom. The van der Waals surface area contributed by atoms with E-state index in [0.29, 0.717) is 25.9 Å². The second-order valence-electron chi connectivity index (χ2n) is 3.66. The highest BCUT2D eigenvalue weighted by Crippen LogP contribution is 1.94. The largest absolute Gasteiger partial charge is 0.355 e. The average molecular weight is 201 g/mol. The molecule has 14 heavy (non-hydrogen) atoms. The van der Waals surface area contributed by atoms with Gasteiger partial charge in [-0.3, -0.25) is 9.28 Å². The van der Waals surface area contributed by atoms with Crippen LogP contribution in [0.1, 0.15) is 12.8 Å². The Morgan fingerprint density at radius 1 is 1.36 bits per heavy atom. The summed E-state index contributed by atoms with van der Waals surface area (Å²) < 4.78 is 0.168. The van der Waals surface area contributed by atoms with E-state index >= 15 is 0 Å². The lowest BCUT2D eigenvalue weighted by atomic mass is 10.3.